The molecule has 6 heteroatoms. The summed E-state index contributed by atoms with van der Waals surface area (Å²) in [5.74, 6) is -0.852. The monoisotopic (exact) mass is 361 g/mol. The van der Waals surface area contributed by atoms with Crippen LogP contribution in [0.15, 0.2) is 47.4 Å². The van der Waals surface area contributed by atoms with Gasteiger partial charge in [0, 0.05) is 13.0 Å². The van der Waals surface area contributed by atoms with E-state index < -0.39 is 5.97 Å². The summed E-state index contributed by atoms with van der Waals surface area (Å²) >= 11 is 6.58. The van der Waals surface area contributed by atoms with E-state index in [4.69, 9.17) is 17.3 Å². The van der Waals surface area contributed by atoms with Crippen LogP contribution in [0.3, 0.4) is 0 Å². The molecule has 0 spiro atoms. The summed E-state index contributed by atoms with van der Waals surface area (Å²) in [5.41, 5.74) is 1.07. The van der Waals surface area contributed by atoms with Crippen LogP contribution in [-0.4, -0.2) is 32.7 Å². The van der Waals surface area contributed by atoms with E-state index in [9.17, 15) is 9.59 Å². The maximum atomic E-state index is 12.4. The van der Waals surface area contributed by atoms with E-state index in [2.05, 4.69) is 0 Å². The van der Waals surface area contributed by atoms with Gasteiger partial charge in [0.25, 0.3) is 5.91 Å². The number of carboxylic acid groups (broad SMARTS) is 1. The summed E-state index contributed by atoms with van der Waals surface area (Å²) in [6.45, 7) is 0.546. The first-order chi connectivity index (χ1) is 11.6. The van der Waals surface area contributed by atoms with E-state index in [0.717, 1.165) is 18.4 Å². The van der Waals surface area contributed by atoms with Gasteiger partial charge in [-0.1, -0.05) is 72.9 Å². The van der Waals surface area contributed by atoms with E-state index in [1.165, 1.54) is 11.8 Å². The third-order valence-corrected chi connectivity index (χ3v) is 4.88. The highest BCUT2D eigenvalue weighted by molar-refractivity contribution is 8.26. The van der Waals surface area contributed by atoms with E-state index in [1.54, 1.807) is 11.0 Å². The quantitative estimate of drug-likeness (QED) is 0.429. The highest BCUT2D eigenvalue weighted by Gasteiger charge is 2.30. The molecule has 1 heterocycles. The van der Waals surface area contributed by atoms with Gasteiger partial charge in [-0.3, -0.25) is 14.5 Å². The molecule has 1 amide bonds. The Morgan fingerprint density at radius 2 is 1.96 bits per heavy atom. The van der Waals surface area contributed by atoms with Gasteiger partial charge in [-0.05, 0) is 24.5 Å². The molecule has 4 nitrogen and oxygen atoms in total. The van der Waals surface area contributed by atoms with Crippen molar-refractivity contribution in [1.29, 1.82) is 0 Å². The van der Waals surface area contributed by atoms with Crippen LogP contribution in [0, 0.1) is 0 Å². The summed E-state index contributed by atoms with van der Waals surface area (Å²) < 4.78 is 0.567. The van der Waals surface area contributed by atoms with Gasteiger partial charge in [-0.2, -0.15) is 0 Å². The van der Waals surface area contributed by atoms with Crippen molar-refractivity contribution in [2.75, 3.05) is 6.54 Å². The van der Waals surface area contributed by atoms with E-state index in [1.807, 2.05) is 42.5 Å². The molecule has 0 saturated carbocycles. The minimum Gasteiger partial charge on any atom is -0.481 e. The third kappa shape index (κ3) is 5.62. The fourth-order valence-electron chi connectivity index (χ4n) is 2.24. The van der Waals surface area contributed by atoms with Crippen LogP contribution in [0.25, 0.3) is 6.08 Å². The molecule has 0 radical (unpaired) electrons. The number of benzene rings is 1. The van der Waals surface area contributed by atoms with Gasteiger partial charge in [0.05, 0.1) is 4.91 Å². The SMILES string of the molecule is O=C(O)CCCCCN1C(=O)/C(=C\C=C\c2ccccc2)SC1=S. The van der Waals surface area contributed by atoms with Crippen LogP contribution in [0.5, 0.6) is 0 Å². The van der Waals surface area contributed by atoms with Crippen molar-refractivity contribution in [2.45, 2.75) is 25.7 Å². The molecule has 1 fully saturated rings. The lowest BCUT2D eigenvalue weighted by Gasteiger charge is -2.13. The van der Waals surface area contributed by atoms with E-state index >= 15 is 0 Å². The van der Waals surface area contributed by atoms with Crippen molar-refractivity contribution >= 4 is 46.3 Å². The van der Waals surface area contributed by atoms with Crippen LogP contribution in [0.4, 0.5) is 0 Å². The number of unbranched alkanes of at least 4 members (excludes halogenated alkanes) is 2. The molecule has 1 aliphatic heterocycles. The van der Waals surface area contributed by atoms with Crippen molar-refractivity contribution in [3.63, 3.8) is 0 Å². The molecule has 1 N–H and O–H groups in total. The van der Waals surface area contributed by atoms with Gasteiger partial charge < -0.3 is 5.11 Å². The number of hydrogen-bond acceptors (Lipinski definition) is 4. The highest BCUT2D eigenvalue weighted by atomic mass is 32.2. The number of hydrogen-bond donors (Lipinski definition) is 1. The van der Waals surface area contributed by atoms with Gasteiger partial charge in [-0.25, -0.2) is 0 Å². The average molecular weight is 361 g/mol. The number of nitrogens with zero attached hydrogens (tertiary/aromatic N) is 1. The number of aliphatic carboxylic acids is 1. The summed E-state index contributed by atoms with van der Waals surface area (Å²) in [6.07, 6.45) is 7.91. The smallest absolute Gasteiger partial charge is 0.303 e. The first-order valence-corrected chi connectivity index (χ1v) is 8.99. The van der Waals surface area contributed by atoms with Crippen molar-refractivity contribution < 1.29 is 14.7 Å². The van der Waals surface area contributed by atoms with Gasteiger partial charge in [0.2, 0.25) is 0 Å². The maximum absolute atomic E-state index is 12.4. The predicted octanol–water partition coefficient (Wildman–Crippen LogP) is 4.09. The largest absolute Gasteiger partial charge is 0.481 e. The van der Waals surface area contributed by atoms with Crippen molar-refractivity contribution in [1.82, 2.24) is 4.90 Å². The van der Waals surface area contributed by atoms with Crippen LogP contribution in [-0.2, 0) is 9.59 Å². The minimum atomic E-state index is -0.784. The lowest BCUT2D eigenvalue weighted by molar-refractivity contribution is -0.137. The summed E-state index contributed by atoms with van der Waals surface area (Å²) in [7, 11) is 0. The maximum Gasteiger partial charge on any atom is 0.303 e. The Balaban J connectivity index is 1.85. The fraction of sp³-hybridized carbons (Fsp3) is 0.278. The molecule has 0 bridgehead atoms. The number of carbonyl (C=O) groups excluding carboxylic acids is 1. The molecule has 0 aromatic heterocycles. The standard InChI is InChI=1S/C18H19NO3S2/c20-16(21)12-5-2-6-13-19-17(22)15(24-18(19)23)11-7-10-14-8-3-1-4-9-14/h1,3-4,7-11H,2,5-6,12-13H2,(H,20,21)/b10-7+,15-11+. The Kier molecular flexibility index (Phi) is 7.21. The van der Waals surface area contributed by atoms with Gasteiger partial charge >= 0.3 is 5.97 Å². The Morgan fingerprint density at radius 1 is 1.21 bits per heavy atom. The molecule has 0 atom stereocenters. The second kappa shape index (κ2) is 9.39. The number of carbonyl (C=O) groups is 2. The Bertz CT molecular complexity index is 668. The second-order valence-electron chi connectivity index (χ2n) is 5.33. The Hall–Kier alpha value is -1.92. The highest BCUT2D eigenvalue weighted by Crippen LogP contribution is 2.31. The number of amides is 1. The lowest BCUT2D eigenvalue weighted by Crippen LogP contribution is -2.29. The average Bonchev–Trinajstić information content (AvgIpc) is 2.82. The summed E-state index contributed by atoms with van der Waals surface area (Å²) in [6, 6.07) is 9.87. The molecular weight excluding hydrogens is 342 g/mol. The van der Waals surface area contributed by atoms with Crippen LogP contribution in [0.1, 0.15) is 31.2 Å². The number of rotatable bonds is 8. The molecule has 1 aromatic rings. The zero-order valence-electron chi connectivity index (χ0n) is 13.2. The van der Waals surface area contributed by atoms with E-state index in [-0.39, 0.29) is 12.3 Å². The number of carboxylic acids is 1. The van der Waals surface area contributed by atoms with E-state index in [0.29, 0.717) is 22.2 Å². The lowest BCUT2D eigenvalue weighted by atomic mass is 10.2. The number of allylic oxidation sites excluding steroid dienone is 2. The molecular formula is C18H19NO3S2. The Labute approximate surface area is 151 Å². The van der Waals surface area contributed by atoms with Gasteiger partial charge in [-0.15, -0.1) is 0 Å². The minimum absolute atomic E-state index is 0.0686. The van der Waals surface area contributed by atoms with Crippen molar-refractivity contribution in [3.8, 4) is 0 Å². The first-order valence-electron chi connectivity index (χ1n) is 7.77. The normalized spacial score (nSPS) is 16.5. The molecule has 0 aliphatic carbocycles. The second-order valence-corrected chi connectivity index (χ2v) is 7.01. The van der Waals surface area contributed by atoms with Crippen molar-refractivity contribution in [3.05, 3.63) is 53.0 Å². The predicted molar refractivity (Wildman–Crippen MR) is 102 cm³/mol. The van der Waals surface area contributed by atoms with Crippen LogP contribution >= 0.6 is 24.0 Å². The molecule has 24 heavy (non-hydrogen) atoms. The number of thiocarbonyl (C=S) groups is 1. The molecule has 126 valence electrons. The topological polar surface area (TPSA) is 57.6 Å². The zero-order valence-corrected chi connectivity index (χ0v) is 14.8. The summed E-state index contributed by atoms with van der Waals surface area (Å²) in [5, 5.41) is 8.61. The summed E-state index contributed by atoms with van der Waals surface area (Å²) in [4.78, 5) is 25.0. The Morgan fingerprint density at radius 3 is 2.67 bits per heavy atom. The van der Waals surface area contributed by atoms with Crippen LogP contribution in [0.2, 0.25) is 0 Å². The fourth-order valence-corrected chi connectivity index (χ4v) is 3.50. The third-order valence-electron chi connectivity index (χ3n) is 3.48. The molecule has 1 saturated heterocycles. The number of thioether (sulfide) groups is 1. The van der Waals surface area contributed by atoms with Gasteiger partial charge in [0.15, 0.2) is 0 Å². The molecule has 2 rings (SSSR count). The first kappa shape index (κ1) is 18.4. The molecule has 1 aliphatic rings. The van der Waals surface area contributed by atoms with Crippen LogP contribution < -0.4 is 0 Å². The van der Waals surface area contributed by atoms with Crippen molar-refractivity contribution in [2.24, 2.45) is 0 Å². The molecule has 1 aromatic carbocycles. The van der Waals surface area contributed by atoms with Gasteiger partial charge in [0.1, 0.15) is 4.32 Å². The zero-order chi connectivity index (χ0) is 17.4. The molecule has 0 unspecified atom stereocenters.